The molecule has 1 heterocycles. The van der Waals surface area contributed by atoms with E-state index in [0.29, 0.717) is 11.4 Å². The zero-order valence-corrected chi connectivity index (χ0v) is 17.8. The maximum Gasteiger partial charge on any atom is 0.417 e. The molecule has 0 bridgehead atoms. The fraction of sp³-hybridized carbons (Fsp3) is 0.450. The largest absolute Gasteiger partial charge is 0.511 e. The fourth-order valence-corrected chi connectivity index (χ4v) is 3.13. The van der Waals surface area contributed by atoms with Crippen LogP contribution in [0.15, 0.2) is 29.5 Å². The average Bonchev–Trinajstić information content (AvgIpc) is 2.57. The Morgan fingerprint density at radius 1 is 1.36 bits per heavy atom. The third-order valence-corrected chi connectivity index (χ3v) is 4.45. The number of nitrogens with zero attached hydrogens (tertiary/aromatic N) is 1. The fourth-order valence-electron chi connectivity index (χ4n) is 2.83. The first-order valence-electron chi connectivity index (χ1n) is 8.89. The van der Waals surface area contributed by atoms with Crippen molar-refractivity contribution in [3.05, 3.63) is 35.1 Å². The van der Waals surface area contributed by atoms with Crippen LogP contribution in [0.5, 0.6) is 5.75 Å². The number of carbonyl (C=O) groups is 2. The molecule has 0 saturated heterocycles. The van der Waals surface area contributed by atoms with Crippen LogP contribution in [-0.2, 0) is 9.53 Å². The molecule has 2 rings (SSSR count). The third kappa shape index (κ3) is 4.62. The van der Waals surface area contributed by atoms with Gasteiger partial charge in [0.1, 0.15) is 27.7 Å². The number of anilines is 1. The van der Waals surface area contributed by atoms with E-state index in [1.807, 2.05) is 19.1 Å². The first kappa shape index (κ1) is 21.7. The molecule has 0 fully saturated rings. The van der Waals surface area contributed by atoms with Gasteiger partial charge in [0.05, 0.1) is 12.8 Å². The minimum atomic E-state index is -0.773. The monoisotopic (exact) mass is 406 g/mol. The van der Waals surface area contributed by atoms with Gasteiger partial charge in [0.2, 0.25) is 0 Å². The van der Waals surface area contributed by atoms with Gasteiger partial charge in [-0.2, -0.15) is 0 Å². The highest BCUT2D eigenvalue weighted by molar-refractivity contribution is 7.81. The molecule has 0 spiro atoms. The Hall–Kier alpha value is -2.61. The van der Waals surface area contributed by atoms with Crippen molar-refractivity contribution in [1.82, 2.24) is 4.90 Å². The molecule has 1 aliphatic rings. The van der Waals surface area contributed by atoms with Gasteiger partial charge in [-0.1, -0.05) is 31.3 Å². The van der Waals surface area contributed by atoms with E-state index in [1.54, 1.807) is 33.8 Å². The number of ether oxygens (including phenoxy) is 2. The van der Waals surface area contributed by atoms with E-state index in [9.17, 15) is 14.7 Å². The SMILES string of the molecule is COc1c(C)cccc1NC(=S)C1=C(O)C(C)CN(C(=O)OC(C)(C)C)C1=O. The lowest BCUT2D eigenvalue weighted by molar-refractivity contribution is -0.127. The molecule has 152 valence electrons. The third-order valence-electron chi connectivity index (χ3n) is 4.14. The van der Waals surface area contributed by atoms with Crippen LogP contribution in [0.4, 0.5) is 10.5 Å². The van der Waals surface area contributed by atoms with Crippen LogP contribution in [0.1, 0.15) is 33.3 Å². The van der Waals surface area contributed by atoms with Crippen LogP contribution >= 0.6 is 12.2 Å². The number of nitrogens with one attached hydrogen (secondary N) is 1. The number of rotatable bonds is 3. The summed E-state index contributed by atoms with van der Waals surface area (Å²) in [5.74, 6) is -0.757. The van der Waals surface area contributed by atoms with Gasteiger partial charge >= 0.3 is 6.09 Å². The van der Waals surface area contributed by atoms with Crippen molar-refractivity contribution in [1.29, 1.82) is 0 Å². The van der Waals surface area contributed by atoms with Crippen LogP contribution < -0.4 is 10.1 Å². The number of benzene rings is 1. The Bertz CT molecular complexity index is 841. The van der Waals surface area contributed by atoms with E-state index < -0.39 is 23.5 Å². The molecule has 2 amide bonds. The Kier molecular flexibility index (Phi) is 6.34. The molecule has 1 aromatic rings. The molecule has 0 aliphatic carbocycles. The summed E-state index contributed by atoms with van der Waals surface area (Å²) in [7, 11) is 1.53. The van der Waals surface area contributed by atoms with Crippen LogP contribution in [0, 0.1) is 12.8 Å². The van der Waals surface area contributed by atoms with Crippen LogP contribution in [-0.4, -0.2) is 46.3 Å². The summed E-state index contributed by atoms with van der Waals surface area (Å²) in [5, 5.41) is 13.4. The highest BCUT2D eigenvalue weighted by Crippen LogP contribution is 2.30. The number of methoxy groups -OCH3 is 1. The van der Waals surface area contributed by atoms with Gasteiger partial charge in [0.25, 0.3) is 5.91 Å². The highest BCUT2D eigenvalue weighted by Gasteiger charge is 2.39. The van der Waals surface area contributed by atoms with E-state index in [-0.39, 0.29) is 22.9 Å². The maximum atomic E-state index is 12.9. The molecule has 0 aromatic heterocycles. The summed E-state index contributed by atoms with van der Waals surface area (Å²) in [6, 6.07) is 5.44. The lowest BCUT2D eigenvalue weighted by atomic mass is 9.98. The molecular weight excluding hydrogens is 380 g/mol. The molecule has 0 saturated carbocycles. The summed E-state index contributed by atoms with van der Waals surface area (Å²) in [5.41, 5.74) is 0.565. The second-order valence-corrected chi connectivity index (χ2v) is 8.08. The number of aryl methyl sites for hydroxylation is 1. The lowest BCUT2D eigenvalue weighted by Crippen LogP contribution is -2.48. The van der Waals surface area contributed by atoms with Crippen molar-refractivity contribution < 1.29 is 24.2 Å². The van der Waals surface area contributed by atoms with Crippen molar-refractivity contribution in [3.63, 3.8) is 0 Å². The summed E-state index contributed by atoms with van der Waals surface area (Å²) in [6.45, 7) is 8.74. The standard InChI is InChI=1S/C20H26N2O5S/c1-11-8-7-9-13(16(11)26-6)21-17(28)14-15(23)12(2)10-22(18(14)24)19(25)27-20(3,4)5/h7-9,12,23H,10H2,1-6H3,(H,21,28). The number of aliphatic hydroxyl groups excluding tert-OH is 1. The van der Waals surface area contributed by atoms with Crippen molar-refractivity contribution in [2.75, 3.05) is 19.0 Å². The van der Waals surface area contributed by atoms with Gasteiger partial charge in [-0.05, 0) is 39.3 Å². The molecular formula is C20H26N2O5S. The number of imide groups is 1. The Morgan fingerprint density at radius 3 is 2.57 bits per heavy atom. The minimum Gasteiger partial charge on any atom is -0.511 e. The molecule has 2 N–H and O–H groups in total. The van der Waals surface area contributed by atoms with Gasteiger partial charge < -0.3 is 19.9 Å². The molecule has 1 aliphatic heterocycles. The predicted molar refractivity (Wildman–Crippen MR) is 111 cm³/mol. The minimum absolute atomic E-state index is 0.00603. The van der Waals surface area contributed by atoms with Crippen LogP contribution in [0.25, 0.3) is 0 Å². The van der Waals surface area contributed by atoms with Crippen molar-refractivity contribution in [2.24, 2.45) is 5.92 Å². The van der Waals surface area contributed by atoms with Crippen LogP contribution in [0.3, 0.4) is 0 Å². The predicted octanol–water partition coefficient (Wildman–Crippen LogP) is 3.97. The quantitative estimate of drug-likeness (QED) is 0.734. The second kappa shape index (κ2) is 8.18. The normalized spacial score (nSPS) is 17.4. The number of carbonyl (C=O) groups excluding carboxylic acids is 2. The zero-order chi connectivity index (χ0) is 21.2. The number of hydrogen-bond acceptors (Lipinski definition) is 6. The Morgan fingerprint density at radius 2 is 2.00 bits per heavy atom. The van der Waals surface area contributed by atoms with Gasteiger partial charge in [-0.25, -0.2) is 9.69 Å². The van der Waals surface area contributed by atoms with Crippen molar-refractivity contribution >= 4 is 34.9 Å². The van der Waals surface area contributed by atoms with E-state index in [4.69, 9.17) is 21.7 Å². The van der Waals surface area contributed by atoms with E-state index in [2.05, 4.69) is 5.32 Å². The topological polar surface area (TPSA) is 88.1 Å². The summed E-state index contributed by atoms with van der Waals surface area (Å²) in [6.07, 6.45) is -0.773. The second-order valence-electron chi connectivity index (χ2n) is 7.67. The zero-order valence-electron chi connectivity index (χ0n) is 17.0. The lowest BCUT2D eigenvalue weighted by Gasteiger charge is -2.32. The molecule has 8 heteroatoms. The maximum absolute atomic E-state index is 12.9. The first-order chi connectivity index (χ1) is 13.0. The van der Waals surface area contributed by atoms with Gasteiger partial charge in [0.15, 0.2) is 0 Å². The molecule has 1 aromatic carbocycles. The first-order valence-corrected chi connectivity index (χ1v) is 9.30. The number of hydrogen-bond donors (Lipinski definition) is 2. The number of thiocarbonyl (C=S) groups is 1. The van der Waals surface area contributed by atoms with E-state index in [1.165, 1.54) is 7.11 Å². The molecule has 1 atom stereocenters. The van der Waals surface area contributed by atoms with Crippen LogP contribution in [0.2, 0.25) is 0 Å². The molecule has 28 heavy (non-hydrogen) atoms. The van der Waals surface area contributed by atoms with E-state index in [0.717, 1.165) is 10.5 Å². The Balaban J connectivity index is 2.33. The molecule has 1 unspecified atom stereocenters. The van der Waals surface area contributed by atoms with E-state index >= 15 is 0 Å². The molecule has 0 radical (unpaired) electrons. The molecule has 7 nitrogen and oxygen atoms in total. The average molecular weight is 407 g/mol. The van der Waals surface area contributed by atoms with Gasteiger partial charge in [0, 0.05) is 12.5 Å². The number of para-hydroxylation sites is 1. The summed E-state index contributed by atoms with van der Waals surface area (Å²) >= 11 is 5.38. The van der Waals surface area contributed by atoms with Crippen molar-refractivity contribution in [3.8, 4) is 5.75 Å². The number of amides is 2. The number of aliphatic hydroxyl groups is 1. The smallest absolute Gasteiger partial charge is 0.417 e. The summed E-state index contributed by atoms with van der Waals surface area (Å²) < 4.78 is 10.7. The van der Waals surface area contributed by atoms with Gasteiger partial charge in [-0.15, -0.1) is 0 Å². The highest BCUT2D eigenvalue weighted by atomic mass is 32.1. The van der Waals surface area contributed by atoms with Gasteiger partial charge in [-0.3, -0.25) is 4.79 Å². The summed E-state index contributed by atoms with van der Waals surface area (Å²) in [4.78, 5) is 26.3. The Labute approximate surface area is 170 Å². The van der Waals surface area contributed by atoms with Crippen molar-refractivity contribution in [2.45, 2.75) is 40.2 Å².